The molecule has 19 heavy (non-hydrogen) atoms. The first-order chi connectivity index (χ1) is 8.69. The molecular formula is C14H25NO4. The molecule has 1 fully saturated rings. The van der Waals surface area contributed by atoms with Gasteiger partial charge in [0, 0.05) is 12.5 Å². The van der Waals surface area contributed by atoms with Gasteiger partial charge in [0.25, 0.3) is 0 Å². The number of nitrogens with zero attached hydrogens (tertiary/aromatic N) is 1. The second-order valence-electron chi connectivity index (χ2n) is 6.27. The molecule has 0 spiro atoms. The van der Waals surface area contributed by atoms with Crippen LogP contribution in [0.2, 0.25) is 0 Å². The Morgan fingerprint density at radius 1 is 1.32 bits per heavy atom. The van der Waals surface area contributed by atoms with Gasteiger partial charge in [-0.25, -0.2) is 4.79 Å². The van der Waals surface area contributed by atoms with Crippen LogP contribution in [0.3, 0.4) is 0 Å². The molecule has 0 aromatic carbocycles. The summed E-state index contributed by atoms with van der Waals surface area (Å²) in [7, 11) is 0. The molecule has 0 radical (unpaired) electrons. The molecule has 1 amide bonds. The van der Waals surface area contributed by atoms with Gasteiger partial charge in [-0.3, -0.25) is 4.79 Å². The number of Topliss-reactive ketones (excluding diaryl/α,β-unsaturated/α-hetero) is 1. The molecule has 0 N–H and O–H groups in total. The molecule has 0 bridgehead atoms. The Labute approximate surface area is 115 Å². The summed E-state index contributed by atoms with van der Waals surface area (Å²) in [5, 5.41) is 0. The Morgan fingerprint density at radius 2 is 1.95 bits per heavy atom. The average Bonchev–Trinajstić information content (AvgIpc) is 2.71. The lowest BCUT2D eigenvalue weighted by Crippen LogP contribution is -2.36. The topological polar surface area (TPSA) is 55.8 Å². The third-order valence-corrected chi connectivity index (χ3v) is 2.90. The van der Waals surface area contributed by atoms with Crippen LogP contribution in [0.5, 0.6) is 0 Å². The molecule has 0 aliphatic carbocycles. The smallest absolute Gasteiger partial charge is 0.410 e. The molecule has 5 heteroatoms. The number of amides is 1. The second-order valence-corrected chi connectivity index (χ2v) is 6.27. The zero-order chi connectivity index (χ0) is 14.6. The van der Waals surface area contributed by atoms with Gasteiger partial charge in [-0.2, -0.15) is 0 Å². The van der Waals surface area contributed by atoms with Crippen LogP contribution in [0.15, 0.2) is 0 Å². The number of hydrogen-bond donors (Lipinski definition) is 0. The molecule has 5 nitrogen and oxygen atoms in total. The van der Waals surface area contributed by atoms with E-state index in [2.05, 4.69) is 0 Å². The number of hydrogen-bond acceptors (Lipinski definition) is 4. The Kier molecular flexibility index (Phi) is 5.35. The minimum atomic E-state index is -0.483. The minimum Gasteiger partial charge on any atom is -0.444 e. The van der Waals surface area contributed by atoms with Crippen LogP contribution in [0, 0.1) is 5.92 Å². The first kappa shape index (κ1) is 16.0. The molecule has 0 aromatic rings. The predicted octanol–water partition coefficient (Wildman–Crippen LogP) is 2.24. The fourth-order valence-electron chi connectivity index (χ4n) is 1.72. The van der Waals surface area contributed by atoms with Crippen LogP contribution in [0.25, 0.3) is 0 Å². The van der Waals surface area contributed by atoms with Gasteiger partial charge < -0.3 is 14.4 Å². The van der Waals surface area contributed by atoms with Gasteiger partial charge in [-0.1, -0.05) is 13.8 Å². The lowest BCUT2D eigenvalue weighted by atomic mass is 10.1. The third-order valence-electron chi connectivity index (χ3n) is 2.90. The summed E-state index contributed by atoms with van der Waals surface area (Å²) in [6.07, 6.45) is 0.383. The average molecular weight is 271 g/mol. The fraction of sp³-hybridized carbons (Fsp3) is 0.857. The number of rotatable bonds is 4. The fourth-order valence-corrected chi connectivity index (χ4v) is 1.72. The summed E-state index contributed by atoms with van der Waals surface area (Å²) in [6.45, 7) is 10.5. The van der Waals surface area contributed by atoms with E-state index in [1.54, 1.807) is 4.90 Å². The second kappa shape index (κ2) is 6.37. The number of carbonyl (C=O) groups excluding carboxylic acids is 2. The van der Waals surface area contributed by atoms with E-state index in [0.717, 1.165) is 6.42 Å². The standard InChI is InChI=1S/C14H25NO4/c1-10(2)12(16)9-18-11-6-7-15(8-11)13(17)19-14(3,4)5/h10-11H,6-9H2,1-5H3/t11-/m0/s1. The number of carbonyl (C=O) groups is 2. The Morgan fingerprint density at radius 3 is 2.47 bits per heavy atom. The van der Waals surface area contributed by atoms with Crippen molar-refractivity contribution in [2.45, 2.75) is 52.7 Å². The van der Waals surface area contributed by atoms with Gasteiger partial charge in [0.05, 0.1) is 12.6 Å². The molecular weight excluding hydrogens is 246 g/mol. The molecule has 1 heterocycles. The quantitative estimate of drug-likeness (QED) is 0.787. The normalized spacial score (nSPS) is 19.9. The van der Waals surface area contributed by atoms with Crippen LogP contribution < -0.4 is 0 Å². The maximum Gasteiger partial charge on any atom is 0.410 e. The summed E-state index contributed by atoms with van der Waals surface area (Å²) in [6, 6.07) is 0. The molecule has 0 unspecified atom stereocenters. The van der Waals surface area contributed by atoms with Crippen molar-refractivity contribution in [1.29, 1.82) is 0 Å². The van der Waals surface area contributed by atoms with E-state index in [0.29, 0.717) is 13.1 Å². The Bertz CT molecular complexity index is 333. The van der Waals surface area contributed by atoms with Crippen molar-refractivity contribution < 1.29 is 19.1 Å². The van der Waals surface area contributed by atoms with E-state index < -0.39 is 5.60 Å². The minimum absolute atomic E-state index is 0.0108. The highest BCUT2D eigenvalue weighted by molar-refractivity contribution is 5.81. The van der Waals surface area contributed by atoms with Crippen molar-refractivity contribution in [2.24, 2.45) is 5.92 Å². The first-order valence-corrected chi connectivity index (χ1v) is 6.81. The molecule has 110 valence electrons. The molecule has 1 aliphatic heterocycles. The monoisotopic (exact) mass is 271 g/mol. The van der Waals surface area contributed by atoms with Crippen molar-refractivity contribution in [3.8, 4) is 0 Å². The van der Waals surface area contributed by atoms with Gasteiger partial charge in [0.1, 0.15) is 12.2 Å². The van der Waals surface area contributed by atoms with E-state index >= 15 is 0 Å². The zero-order valence-electron chi connectivity index (χ0n) is 12.6. The van der Waals surface area contributed by atoms with E-state index in [1.165, 1.54) is 0 Å². The zero-order valence-corrected chi connectivity index (χ0v) is 12.6. The van der Waals surface area contributed by atoms with Crippen LogP contribution in [0.4, 0.5) is 4.79 Å². The molecule has 1 aliphatic rings. The maximum absolute atomic E-state index is 11.8. The summed E-state index contributed by atoms with van der Waals surface area (Å²) in [4.78, 5) is 24.9. The summed E-state index contributed by atoms with van der Waals surface area (Å²) in [5.41, 5.74) is -0.483. The summed E-state index contributed by atoms with van der Waals surface area (Å²) < 4.78 is 10.8. The maximum atomic E-state index is 11.8. The van der Waals surface area contributed by atoms with E-state index in [4.69, 9.17) is 9.47 Å². The third kappa shape index (κ3) is 5.59. The number of ketones is 1. The Balaban J connectivity index is 2.34. The van der Waals surface area contributed by atoms with Crippen LogP contribution in [-0.4, -0.2) is 48.2 Å². The van der Waals surface area contributed by atoms with Crippen molar-refractivity contribution in [1.82, 2.24) is 4.90 Å². The van der Waals surface area contributed by atoms with Gasteiger partial charge in [-0.05, 0) is 27.2 Å². The van der Waals surface area contributed by atoms with Crippen LogP contribution in [0.1, 0.15) is 41.0 Å². The van der Waals surface area contributed by atoms with Crippen LogP contribution in [-0.2, 0) is 14.3 Å². The SMILES string of the molecule is CC(C)C(=O)CO[C@H]1CCN(C(=O)OC(C)(C)C)C1. The van der Waals surface area contributed by atoms with E-state index in [9.17, 15) is 9.59 Å². The highest BCUT2D eigenvalue weighted by Crippen LogP contribution is 2.17. The summed E-state index contributed by atoms with van der Waals surface area (Å²) >= 11 is 0. The Hall–Kier alpha value is -1.10. The molecule has 0 saturated carbocycles. The number of ether oxygens (including phenoxy) is 2. The van der Waals surface area contributed by atoms with E-state index in [1.807, 2.05) is 34.6 Å². The molecule has 1 saturated heterocycles. The van der Waals surface area contributed by atoms with E-state index in [-0.39, 0.29) is 30.5 Å². The van der Waals surface area contributed by atoms with Crippen LogP contribution >= 0.6 is 0 Å². The highest BCUT2D eigenvalue weighted by atomic mass is 16.6. The molecule has 0 aromatic heterocycles. The predicted molar refractivity (Wildman–Crippen MR) is 72.0 cm³/mol. The summed E-state index contributed by atoms with van der Waals surface area (Å²) in [5.74, 6) is 0.0825. The van der Waals surface area contributed by atoms with Gasteiger partial charge in [0.15, 0.2) is 5.78 Å². The lowest BCUT2D eigenvalue weighted by Gasteiger charge is -2.24. The van der Waals surface area contributed by atoms with Gasteiger partial charge in [-0.15, -0.1) is 0 Å². The van der Waals surface area contributed by atoms with Crippen molar-refractivity contribution >= 4 is 11.9 Å². The van der Waals surface area contributed by atoms with Gasteiger partial charge in [0.2, 0.25) is 0 Å². The molecule has 1 atom stereocenters. The largest absolute Gasteiger partial charge is 0.444 e. The number of likely N-dealkylation sites (tertiary alicyclic amines) is 1. The molecule has 1 rings (SSSR count). The van der Waals surface area contributed by atoms with Crippen molar-refractivity contribution in [3.63, 3.8) is 0 Å². The lowest BCUT2D eigenvalue weighted by molar-refractivity contribution is -0.128. The van der Waals surface area contributed by atoms with Gasteiger partial charge >= 0.3 is 6.09 Å². The van der Waals surface area contributed by atoms with Crippen molar-refractivity contribution in [3.05, 3.63) is 0 Å². The first-order valence-electron chi connectivity index (χ1n) is 6.81. The van der Waals surface area contributed by atoms with Crippen molar-refractivity contribution in [2.75, 3.05) is 19.7 Å². The highest BCUT2D eigenvalue weighted by Gasteiger charge is 2.30.